The molecule has 0 spiro atoms. The number of hydrogen-bond acceptors (Lipinski definition) is 4. The summed E-state index contributed by atoms with van der Waals surface area (Å²) in [6.45, 7) is 11.9. The van der Waals surface area contributed by atoms with Crippen molar-refractivity contribution in [2.45, 2.75) is 56.6 Å². The van der Waals surface area contributed by atoms with Gasteiger partial charge in [0, 0.05) is 17.3 Å². The van der Waals surface area contributed by atoms with Gasteiger partial charge in [0.15, 0.2) is 5.58 Å². The lowest BCUT2D eigenvalue weighted by Gasteiger charge is -2.12. The van der Waals surface area contributed by atoms with Crippen molar-refractivity contribution in [1.82, 2.24) is 4.98 Å². The standard InChI is InChI=1S/C15H18ClNO2S.C2H6/c1-15(2,3)14-17-11-5-4-10(16)13(12(11)19-14)20-9-6-7-18-8-9;1-2/h4-5,9H,6-8H2,1-3H3;1-2H3. The van der Waals surface area contributed by atoms with E-state index in [4.69, 9.17) is 20.8 Å². The highest BCUT2D eigenvalue weighted by molar-refractivity contribution is 8.00. The quantitative estimate of drug-likeness (QED) is 0.703. The number of thioether (sulfide) groups is 1. The van der Waals surface area contributed by atoms with Crippen molar-refractivity contribution in [3.63, 3.8) is 0 Å². The fraction of sp³-hybridized carbons (Fsp3) is 0.588. The van der Waals surface area contributed by atoms with Crippen LogP contribution in [0.1, 0.15) is 46.9 Å². The number of rotatable bonds is 2. The van der Waals surface area contributed by atoms with Crippen LogP contribution in [0.5, 0.6) is 0 Å². The normalized spacial score (nSPS) is 18.4. The van der Waals surface area contributed by atoms with Crippen LogP contribution in [-0.4, -0.2) is 23.4 Å². The highest BCUT2D eigenvalue weighted by atomic mass is 35.5. The van der Waals surface area contributed by atoms with Crippen molar-refractivity contribution in [1.29, 1.82) is 0 Å². The van der Waals surface area contributed by atoms with E-state index in [1.165, 1.54) is 0 Å². The van der Waals surface area contributed by atoms with Gasteiger partial charge in [-0.1, -0.05) is 46.2 Å². The van der Waals surface area contributed by atoms with Crippen LogP contribution < -0.4 is 0 Å². The van der Waals surface area contributed by atoms with Crippen LogP contribution in [0.3, 0.4) is 0 Å². The van der Waals surface area contributed by atoms with Crippen LogP contribution in [-0.2, 0) is 10.2 Å². The summed E-state index contributed by atoms with van der Waals surface area (Å²) in [5.74, 6) is 0.749. The summed E-state index contributed by atoms with van der Waals surface area (Å²) in [7, 11) is 0. The van der Waals surface area contributed by atoms with Gasteiger partial charge in [-0.05, 0) is 18.6 Å². The van der Waals surface area contributed by atoms with E-state index in [1.54, 1.807) is 11.8 Å². The maximum absolute atomic E-state index is 6.36. The van der Waals surface area contributed by atoms with Crippen LogP contribution in [0.15, 0.2) is 21.4 Å². The Labute approximate surface area is 141 Å². The number of ether oxygens (including phenoxy) is 1. The molecule has 3 rings (SSSR count). The highest BCUT2D eigenvalue weighted by Crippen LogP contribution is 2.40. The average molecular weight is 342 g/mol. The van der Waals surface area contributed by atoms with E-state index in [0.717, 1.165) is 46.5 Å². The fourth-order valence-corrected chi connectivity index (χ4v) is 3.57. The van der Waals surface area contributed by atoms with Gasteiger partial charge in [0.25, 0.3) is 0 Å². The first-order valence-corrected chi connectivity index (χ1v) is 9.05. The molecule has 0 saturated carbocycles. The molecule has 1 unspecified atom stereocenters. The predicted molar refractivity (Wildman–Crippen MR) is 94.1 cm³/mol. The number of nitrogens with zero attached hydrogens (tertiary/aromatic N) is 1. The van der Waals surface area contributed by atoms with Crippen LogP contribution in [0.25, 0.3) is 11.1 Å². The summed E-state index contributed by atoms with van der Waals surface area (Å²) in [6.07, 6.45) is 1.05. The Hall–Kier alpha value is -0.710. The van der Waals surface area contributed by atoms with Crippen LogP contribution in [0.4, 0.5) is 0 Å². The number of halogens is 1. The minimum Gasteiger partial charge on any atom is -0.439 e. The van der Waals surface area contributed by atoms with Crippen LogP contribution in [0.2, 0.25) is 5.02 Å². The summed E-state index contributed by atoms with van der Waals surface area (Å²) >= 11 is 8.10. The van der Waals surface area contributed by atoms with Gasteiger partial charge in [-0.2, -0.15) is 0 Å². The molecule has 0 aliphatic carbocycles. The molecule has 0 amide bonds. The first-order valence-electron chi connectivity index (χ1n) is 7.79. The molecule has 122 valence electrons. The molecular weight excluding hydrogens is 318 g/mol. The second-order valence-corrected chi connectivity index (χ2v) is 7.82. The van der Waals surface area contributed by atoms with Gasteiger partial charge in [0.1, 0.15) is 5.52 Å². The van der Waals surface area contributed by atoms with E-state index < -0.39 is 0 Å². The summed E-state index contributed by atoms with van der Waals surface area (Å²) in [6, 6.07) is 3.82. The lowest BCUT2D eigenvalue weighted by atomic mass is 9.97. The molecule has 1 atom stereocenters. The molecule has 0 bridgehead atoms. The van der Waals surface area contributed by atoms with E-state index in [-0.39, 0.29) is 5.41 Å². The third kappa shape index (κ3) is 3.79. The Bertz CT molecular complexity index is 627. The highest BCUT2D eigenvalue weighted by Gasteiger charge is 2.25. The van der Waals surface area contributed by atoms with Crippen molar-refractivity contribution in [3.05, 3.63) is 23.0 Å². The molecule has 1 aromatic heterocycles. The molecule has 2 heterocycles. The summed E-state index contributed by atoms with van der Waals surface area (Å²) in [4.78, 5) is 5.58. The zero-order valence-corrected chi connectivity index (χ0v) is 15.5. The molecule has 0 radical (unpaired) electrons. The van der Waals surface area contributed by atoms with Crippen molar-refractivity contribution in [2.24, 2.45) is 0 Å². The van der Waals surface area contributed by atoms with Gasteiger partial charge in [-0.3, -0.25) is 0 Å². The van der Waals surface area contributed by atoms with Crippen molar-refractivity contribution >= 4 is 34.5 Å². The molecule has 1 fully saturated rings. The second-order valence-electron chi connectivity index (χ2n) is 6.10. The van der Waals surface area contributed by atoms with E-state index in [9.17, 15) is 0 Å². The third-order valence-electron chi connectivity index (χ3n) is 3.28. The third-order valence-corrected chi connectivity index (χ3v) is 5.05. The molecule has 1 aromatic carbocycles. The first kappa shape index (κ1) is 17.6. The maximum Gasteiger partial charge on any atom is 0.200 e. The number of aromatic nitrogens is 1. The predicted octanol–water partition coefficient (Wildman–Crippen LogP) is 5.69. The second kappa shape index (κ2) is 7.24. The van der Waals surface area contributed by atoms with E-state index in [2.05, 4.69) is 25.8 Å². The number of oxazole rings is 1. The van der Waals surface area contributed by atoms with Gasteiger partial charge in [0.2, 0.25) is 5.89 Å². The zero-order chi connectivity index (χ0) is 16.3. The van der Waals surface area contributed by atoms with Crippen molar-refractivity contribution in [3.8, 4) is 0 Å². The maximum atomic E-state index is 6.36. The molecule has 1 aliphatic heterocycles. The Morgan fingerprint density at radius 2 is 2.00 bits per heavy atom. The topological polar surface area (TPSA) is 35.3 Å². The largest absolute Gasteiger partial charge is 0.439 e. The number of hydrogen-bond donors (Lipinski definition) is 0. The minimum absolute atomic E-state index is 0.107. The van der Waals surface area contributed by atoms with E-state index in [0.29, 0.717) is 5.25 Å². The average Bonchev–Trinajstić information content (AvgIpc) is 3.12. The molecule has 1 aliphatic rings. The molecule has 0 N–H and O–H groups in total. The molecule has 22 heavy (non-hydrogen) atoms. The molecule has 3 nitrogen and oxygen atoms in total. The smallest absolute Gasteiger partial charge is 0.200 e. The van der Waals surface area contributed by atoms with Gasteiger partial charge < -0.3 is 9.15 Å². The number of benzene rings is 1. The van der Waals surface area contributed by atoms with Crippen molar-refractivity contribution < 1.29 is 9.15 Å². The van der Waals surface area contributed by atoms with Gasteiger partial charge >= 0.3 is 0 Å². The van der Waals surface area contributed by atoms with E-state index >= 15 is 0 Å². The Morgan fingerprint density at radius 1 is 1.27 bits per heavy atom. The SMILES string of the molecule is CC.CC(C)(C)c1nc2ccc(Cl)c(SC3CCOC3)c2o1. The Balaban J connectivity index is 0.000000847. The van der Waals surface area contributed by atoms with Gasteiger partial charge in [0.05, 0.1) is 16.5 Å². The summed E-state index contributed by atoms with van der Waals surface area (Å²) in [5.41, 5.74) is 1.57. The minimum atomic E-state index is -0.107. The first-order chi connectivity index (χ1) is 10.4. The Kier molecular flexibility index (Phi) is 5.81. The number of fused-ring (bicyclic) bond motifs is 1. The van der Waals surface area contributed by atoms with Crippen LogP contribution in [0, 0.1) is 0 Å². The zero-order valence-electron chi connectivity index (χ0n) is 13.9. The molecular formula is C17H24ClNO2S. The van der Waals surface area contributed by atoms with Crippen molar-refractivity contribution in [2.75, 3.05) is 13.2 Å². The molecule has 2 aromatic rings. The Morgan fingerprint density at radius 3 is 2.59 bits per heavy atom. The summed E-state index contributed by atoms with van der Waals surface area (Å²) < 4.78 is 11.4. The van der Waals surface area contributed by atoms with Gasteiger partial charge in [-0.25, -0.2) is 4.98 Å². The molecule has 5 heteroatoms. The van der Waals surface area contributed by atoms with Crippen LogP contribution >= 0.6 is 23.4 Å². The lowest BCUT2D eigenvalue weighted by molar-refractivity contribution is 0.199. The lowest BCUT2D eigenvalue weighted by Crippen LogP contribution is -2.10. The monoisotopic (exact) mass is 341 g/mol. The summed E-state index contributed by atoms with van der Waals surface area (Å²) in [5, 5.41) is 1.17. The molecule has 1 saturated heterocycles. The fourth-order valence-electron chi connectivity index (χ4n) is 2.15. The van der Waals surface area contributed by atoms with Gasteiger partial charge in [-0.15, -0.1) is 11.8 Å². The van der Waals surface area contributed by atoms with E-state index in [1.807, 2.05) is 26.0 Å².